The summed E-state index contributed by atoms with van der Waals surface area (Å²) in [5.41, 5.74) is 3.27. The number of aryl methyl sites for hydroxylation is 1. The fraction of sp³-hybridized carbons (Fsp3) is 0.115. The van der Waals surface area contributed by atoms with Crippen molar-refractivity contribution >= 4 is 34.5 Å². The number of carbonyl (C=O) groups is 2. The van der Waals surface area contributed by atoms with Crippen LogP contribution in [-0.4, -0.2) is 16.4 Å². The molecule has 4 rings (SSSR count). The Hall–Kier alpha value is -4.57. The van der Waals surface area contributed by atoms with Gasteiger partial charge in [0.05, 0.1) is 12.8 Å². The summed E-state index contributed by atoms with van der Waals surface area (Å²) in [5.74, 6) is -0.0756. The molecule has 0 fully saturated rings. The van der Waals surface area contributed by atoms with E-state index in [1.54, 1.807) is 18.3 Å². The Bertz CT molecular complexity index is 1370. The van der Waals surface area contributed by atoms with E-state index in [9.17, 15) is 14.9 Å². The maximum atomic E-state index is 12.7. The van der Waals surface area contributed by atoms with Gasteiger partial charge in [0.1, 0.15) is 23.9 Å². The lowest BCUT2D eigenvalue weighted by molar-refractivity contribution is -0.117. The number of benzene rings is 2. The number of nitriles is 1. The molecule has 0 bridgehead atoms. The molecule has 7 nitrogen and oxygen atoms in total. The van der Waals surface area contributed by atoms with Crippen molar-refractivity contribution in [3.63, 3.8) is 0 Å². The summed E-state index contributed by atoms with van der Waals surface area (Å²) in [5, 5.41) is 16.0. The molecule has 0 unspecified atom stereocenters. The van der Waals surface area contributed by atoms with Crippen LogP contribution in [0.3, 0.4) is 0 Å². The van der Waals surface area contributed by atoms with Gasteiger partial charge in [-0.05, 0) is 48.9 Å². The average Bonchev–Trinajstić information content (AvgIpc) is 3.44. The smallest absolute Gasteiger partial charge is 0.262 e. The fourth-order valence-electron chi connectivity index (χ4n) is 3.58. The summed E-state index contributed by atoms with van der Waals surface area (Å²) in [6, 6.07) is 20.6. The highest BCUT2D eigenvalue weighted by Crippen LogP contribution is 2.24. The first-order valence-corrected chi connectivity index (χ1v) is 10.4. The molecule has 2 aromatic carbocycles. The predicted octanol–water partition coefficient (Wildman–Crippen LogP) is 4.40. The van der Waals surface area contributed by atoms with Crippen LogP contribution in [0.5, 0.6) is 0 Å². The minimum atomic E-state index is -0.497. The largest absolute Gasteiger partial charge is 0.467 e. The highest BCUT2D eigenvalue weighted by molar-refractivity contribution is 6.04. The van der Waals surface area contributed by atoms with Gasteiger partial charge in [-0.25, -0.2) is 0 Å². The third-order valence-electron chi connectivity index (χ3n) is 5.10. The van der Waals surface area contributed by atoms with Gasteiger partial charge < -0.3 is 19.6 Å². The zero-order valence-electron chi connectivity index (χ0n) is 18.0. The van der Waals surface area contributed by atoms with Gasteiger partial charge in [0, 0.05) is 28.4 Å². The Morgan fingerprint density at radius 2 is 1.97 bits per heavy atom. The minimum Gasteiger partial charge on any atom is -0.467 e. The fourth-order valence-corrected chi connectivity index (χ4v) is 3.58. The number of furan rings is 1. The highest BCUT2D eigenvalue weighted by atomic mass is 16.3. The maximum Gasteiger partial charge on any atom is 0.262 e. The van der Waals surface area contributed by atoms with E-state index < -0.39 is 5.91 Å². The number of carbonyl (C=O) groups excluding carboxylic acids is 2. The molecule has 2 aromatic heterocycles. The number of para-hydroxylation sites is 1. The van der Waals surface area contributed by atoms with Crippen LogP contribution in [0.25, 0.3) is 17.0 Å². The van der Waals surface area contributed by atoms with Gasteiger partial charge in [0.15, 0.2) is 0 Å². The lowest BCUT2D eigenvalue weighted by Gasteiger charge is -2.08. The maximum absolute atomic E-state index is 12.7. The SMILES string of the molecule is Cc1cccc(NC(=O)Cn2cc(C=C(C#N)C(=O)NCc3ccco3)c3ccccc32)c1. The quantitative estimate of drug-likeness (QED) is 0.330. The molecule has 0 aliphatic carbocycles. The molecular weight excluding hydrogens is 416 g/mol. The molecule has 0 spiro atoms. The van der Waals surface area contributed by atoms with Crippen LogP contribution in [-0.2, 0) is 22.7 Å². The van der Waals surface area contributed by atoms with Crippen LogP contribution in [0.1, 0.15) is 16.9 Å². The number of hydrogen-bond acceptors (Lipinski definition) is 4. The standard InChI is InChI=1S/C26H22N4O3/c1-18-6-4-7-21(12-18)29-25(31)17-30-16-20(23-9-2-3-10-24(23)30)13-19(14-27)26(32)28-15-22-8-5-11-33-22/h2-13,16H,15,17H2,1H3,(H,28,32)(H,29,31). The molecule has 0 saturated carbocycles. The molecule has 4 aromatic rings. The molecule has 0 radical (unpaired) electrons. The summed E-state index contributed by atoms with van der Waals surface area (Å²) in [4.78, 5) is 25.2. The number of fused-ring (bicyclic) bond motifs is 1. The monoisotopic (exact) mass is 438 g/mol. The Balaban J connectivity index is 1.56. The number of amides is 2. The van der Waals surface area contributed by atoms with E-state index in [0.29, 0.717) is 11.3 Å². The third-order valence-corrected chi connectivity index (χ3v) is 5.10. The van der Waals surface area contributed by atoms with Crippen molar-refractivity contribution in [1.82, 2.24) is 9.88 Å². The van der Waals surface area contributed by atoms with E-state index in [1.807, 2.05) is 66.1 Å². The lowest BCUT2D eigenvalue weighted by atomic mass is 10.1. The van der Waals surface area contributed by atoms with Crippen LogP contribution < -0.4 is 10.6 Å². The molecular formula is C26H22N4O3. The molecule has 0 atom stereocenters. The van der Waals surface area contributed by atoms with Crippen molar-refractivity contribution in [3.8, 4) is 6.07 Å². The first-order chi connectivity index (χ1) is 16.0. The van der Waals surface area contributed by atoms with Crippen molar-refractivity contribution < 1.29 is 14.0 Å². The van der Waals surface area contributed by atoms with Crippen molar-refractivity contribution in [2.75, 3.05) is 5.32 Å². The number of rotatable bonds is 7. The molecule has 164 valence electrons. The number of hydrogen-bond donors (Lipinski definition) is 2. The Morgan fingerprint density at radius 1 is 1.12 bits per heavy atom. The molecule has 2 amide bonds. The second-order valence-corrected chi connectivity index (χ2v) is 7.58. The summed E-state index contributed by atoms with van der Waals surface area (Å²) >= 11 is 0. The minimum absolute atomic E-state index is 0.0336. The molecule has 0 aliphatic rings. The van der Waals surface area contributed by atoms with Gasteiger partial charge in [-0.2, -0.15) is 5.26 Å². The number of nitrogens with one attached hydrogen (secondary N) is 2. The van der Waals surface area contributed by atoms with Gasteiger partial charge >= 0.3 is 0 Å². The number of nitrogens with zero attached hydrogens (tertiary/aromatic N) is 2. The van der Waals surface area contributed by atoms with E-state index in [-0.39, 0.29) is 24.6 Å². The van der Waals surface area contributed by atoms with Crippen LogP contribution in [0, 0.1) is 18.3 Å². The Labute approximate surface area is 190 Å². The molecule has 33 heavy (non-hydrogen) atoms. The van der Waals surface area contributed by atoms with Gasteiger partial charge in [0.2, 0.25) is 5.91 Å². The van der Waals surface area contributed by atoms with E-state index in [0.717, 1.165) is 22.2 Å². The van der Waals surface area contributed by atoms with Gasteiger partial charge in [0.25, 0.3) is 5.91 Å². The first-order valence-electron chi connectivity index (χ1n) is 10.4. The highest BCUT2D eigenvalue weighted by Gasteiger charge is 2.14. The normalized spacial score (nSPS) is 11.2. The molecule has 0 saturated heterocycles. The van der Waals surface area contributed by atoms with Gasteiger partial charge in [-0.15, -0.1) is 0 Å². The molecule has 7 heteroatoms. The number of aromatic nitrogens is 1. The zero-order chi connectivity index (χ0) is 23.2. The zero-order valence-corrected chi connectivity index (χ0v) is 18.0. The summed E-state index contributed by atoms with van der Waals surface area (Å²) < 4.78 is 7.01. The second kappa shape index (κ2) is 9.71. The number of anilines is 1. The third kappa shape index (κ3) is 5.20. The van der Waals surface area contributed by atoms with E-state index in [4.69, 9.17) is 4.42 Å². The van der Waals surface area contributed by atoms with Crippen LogP contribution in [0.4, 0.5) is 5.69 Å². The van der Waals surface area contributed by atoms with Crippen molar-refractivity contribution in [1.29, 1.82) is 5.26 Å². The summed E-state index contributed by atoms with van der Waals surface area (Å²) in [6.07, 6.45) is 4.83. The van der Waals surface area contributed by atoms with Crippen LogP contribution in [0.15, 0.2) is 83.1 Å². The van der Waals surface area contributed by atoms with Crippen molar-refractivity contribution in [2.24, 2.45) is 0 Å². The van der Waals surface area contributed by atoms with Gasteiger partial charge in [-0.3, -0.25) is 9.59 Å². The van der Waals surface area contributed by atoms with Gasteiger partial charge in [-0.1, -0.05) is 30.3 Å². The summed E-state index contributed by atoms with van der Waals surface area (Å²) in [6.45, 7) is 2.24. The van der Waals surface area contributed by atoms with Crippen LogP contribution >= 0.6 is 0 Å². The van der Waals surface area contributed by atoms with E-state index in [2.05, 4.69) is 10.6 Å². The van der Waals surface area contributed by atoms with E-state index >= 15 is 0 Å². The lowest BCUT2D eigenvalue weighted by Crippen LogP contribution is -2.23. The Kier molecular flexibility index (Phi) is 6.37. The molecule has 2 heterocycles. The Morgan fingerprint density at radius 3 is 2.73 bits per heavy atom. The molecule has 2 N–H and O–H groups in total. The molecule has 0 aliphatic heterocycles. The van der Waals surface area contributed by atoms with Crippen molar-refractivity contribution in [2.45, 2.75) is 20.0 Å². The topological polar surface area (TPSA) is 100 Å². The van der Waals surface area contributed by atoms with E-state index in [1.165, 1.54) is 12.3 Å². The average molecular weight is 438 g/mol. The van der Waals surface area contributed by atoms with Crippen molar-refractivity contribution in [3.05, 3.63) is 95.6 Å². The predicted molar refractivity (Wildman–Crippen MR) is 126 cm³/mol. The van der Waals surface area contributed by atoms with Crippen LogP contribution in [0.2, 0.25) is 0 Å². The first kappa shape index (κ1) is 21.7. The summed E-state index contributed by atoms with van der Waals surface area (Å²) in [7, 11) is 0. The second-order valence-electron chi connectivity index (χ2n) is 7.58.